The van der Waals surface area contributed by atoms with Crippen molar-refractivity contribution < 1.29 is 0 Å². The molecule has 4 nitrogen and oxygen atoms in total. The van der Waals surface area contributed by atoms with Crippen LogP contribution in [-0.4, -0.2) is 49.1 Å². The van der Waals surface area contributed by atoms with Crippen molar-refractivity contribution >= 4 is 29.9 Å². The Balaban J connectivity index is 0.00000161. The predicted molar refractivity (Wildman–Crippen MR) is 99.4 cm³/mol. The van der Waals surface area contributed by atoms with E-state index in [0.717, 1.165) is 43.5 Å². The molecule has 0 radical (unpaired) electrons. The normalized spacial score (nSPS) is 28.2. The van der Waals surface area contributed by atoms with Crippen LogP contribution in [0.15, 0.2) is 4.99 Å². The third kappa shape index (κ3) is 5.93. The van der Waals surface area contributed by atoms with Gasteiger partial charge in [0.15, 0.2) is 5.96 Å². The first-order valence-electron chi connectivity index (χ1n) is 8.55. The average Bonchev–Trinajstić information content (AvgIpc) is 3.25. The van der Waals surface area contributed by atoms with Gasteiger partial charge >= 0.3 is 0 Å². The maximum absolute atomic E-state index is 4.76. The molecule has 0 saturated heterocycles. The van der Waals surface area contributed by atoms with E-state index in [2.05, 4.69) is 29.4 Å². The van der Waals surface area contributed by atoms with Crippen LogP contribution in [-0.2, 0) is 0 Å². The number of hydrogen-bond donors (Lipinski definition) is 2. The van der Waals surface area contributed by atoms with Gasteiger partial charge in [0.2, 0.25) is 0 Å². The molecule has 21 heavy (non-hydrogen) atoms. The Bertz CT molecular complexity index is 352. The minimum Gasteiger partial charge on any atom is -0.357 e. The van der Waals surface area contributed by atoms with E-state index in [-0.39, 0.29) is 24.0 Å². The van der Waals surface area contributed by atoms with Crippen molar-refractivity contribution in [2.24, 2.45) is 16.8 Å². The third-order valence-electron chi connectivity index (χ3n) is 4.69. The van der Waals surface area contributed by atoms with E-state index in [1.54, 1.807) is 0 Å². The zero-order valence-corrected chi connectivity index (χ0v) is 15.8. The fourth-order valence-corrected chi connectivity index (χ4v) is 2.80. The second kappa shape index (κ2) is 7.99. The van der Waals surface area contributed by atoms with E-state index in [1.807, 2.05) is 0 Å². The van der Waals surface area contributed by atoms with Crippen molar-refractivity contribution in [1.29, 1.82) is 0 Å². The van der Waals surface area contributed by atoms with E-state index < -0.39 is 0 Å². The molecule has 0 amide bonds. The molecule has 2 atom stereocenters. The highest BCUT2D eigenvalue weighted by Gasteiger charge is 2.34. The molecule has 3 aliphatic carbocycles. The molecule has 3 rings (SSSR count). The van der Waals surface area contributed by atoms with Crippen molar-refractivity contribution in [1.82, 2.24) is 15.5 Å². The average molecular weight is 406 g/mol. The van der Waals surface area contributed by atoms with Gasteiger partial charge in [-0.05, 0) is 50.9 Å². The van der Waals surface area contributed by atoms with Gasteiger partial charge in [0.1, 0.15) is 0 Å². The van der Waals surface area contributed by atoms with Crippen LogP contribution in [0.5, 0.6) is 0 Å². The number of guanidine groups is 1. The van der Waals surface area contributed by atoms with Crippen LogP contribution in [0.3, 0.4) is 0 Å². The summed E-state index contributed by atoms with van der Waals surface area (Å²) < 4.78 is 0. The Kier molecular flexibility index (Phi) is 6.59. The molecule has 0 aromatic carbocycles. The van der Waals surface area contributed by atoms with Crippen molar-refractivity contribution in [2.75, 3.05) is 26.2 Å². The largest absolute Gasteiger partial charge is 0.357 e. The zero-order chi connectivity index (χ0) is 13.9. The van der Waals surface area contributed by atoms with E-state index in [1.165, 1.54) is 38.6 Å². The lowest BCUT2D eigenvalue weighted by Gasteiger charge is -2.21. The van der Waals surface area contributed by atoms with Gasteiger partial charge < -0.3 is 10.6 Å². The van der Waals surface area contributed by atoms with Crippen molar-refractivity contribution in [3.05, 3.63) is 0 Å². The van der Waals surface area contributed by atoms with Crippen LogP contribution in [0.1, 0.15) is 46.0 Å². The molecule has 0 aromatic heterocycles. The SMILES string of the molecule is CCNC(=NCCN(CC1CC1)C1CC1)NC1CC1C.I. The quantitative estimate of drug-likeness (QED) is 0.370. The summed E-state index contributed by atoms with van der Waals surface area (Å²) in [5.41, 5.74) is 0. The molecule has 3 aliphatic rings. The summed E-state index contributed by atoms with van der Waals surface area (Å²) in [4.78, 5) is 7.44. The number of halogens is 1. The van der Waals surface area contributed by atoms with E-state index in [0.29, 0.717) is 6.04 Å². The lowest BCUT2D eigenvalue weighted by molar-refractivity contribution is 0.260. The molecule has 0 aromatic rings. The molecular weight excluding hydrogens is 375 g/mol. The smallest absolute Gasteiger partial charge is 0.191 e. The summed E-state index contributed by atoms with van der Waals surface area (Å²) in [7, 11) is 0. The van der Waals surface area contributed by atoms with Crippen molar-refractivity contribution in [3.63, 3.8) is 0 Å². The van der Waals surface area contributed by atoms with Gasteiger partial charge in [-0.3, -0.25) is 9.89 Å². The Morgan fingerprint density at radius 2 is 1.95 bits per heavy atom. The molecule has 0 heterocycles. The van der Waals surface area contributed by atoms with Gasteiger partial charge in [-0.1, -0.05) is 6.92 Å². The van der Waals surface area contributed by atoms with Gasteiger partial charge in [-0.2, -0.15) is 0 Å². The molecule has 2 N–H and O–H groups in total. The predicted octanol–water partition coefficient (Wildman–Crippen LogP) is 2.44. The first-order chi connectivity index (χ1) is 9.76. The summed E-state index contributed by atoms with van der Waals surface area (Å²) in [5.74, 6) is 2.83. The maximum Gasteiger partial charge on any atom is 0.191 e. The first-order valence-corrected chi connectivity index (χ1v) is 8.55. The molecule has 0 bridgehead atoms. The third-order valence-corrected chi connectivity index (χ3v) is 4.69. The highest BCUT2D eigenvalue weighted by Crippen LogP contribution is 2.34. The first kappa shape index (κ1) is 17.3. The number of nitrogens with one attached hydrogen (secondary N) is 2. The molecule has 5 heteroatoms. The Morgan fingerprint density at radius 3 is 2.48 bits per heavy atom. The topological polar surface area (TPSA) is 39.7 Å². The number of rotatable bonds is 8. The molecule has 2 unspecified atom stereocenters. The summed E-state index contributed by atoms with van der Waals surface area (Å²) in [6.45, 7) is 8.77. The standard InChI is InChI=1S/C16H30N4.HI/c1-3-17-16(19-15-10-12(15)2)18-8-9-20(14-6-7-14)11-13-4-5-13;/h12-15H,3-11H2,1-2H3,(H2,17,18,19);1H. The summed E-state index contributed by atoms with van der Waals surface area (Å²) in [6, 6.07) is 1.53. The molecule has 122 valence electrons. The molecular formula is C16H31IN4. The monoisotopic (exact) mass is 406 g/mol. The van der Waals surface area contributed by atoms with Crippen molar-refractivity contribution in [3.8, 4) is 0 Å². The Labute approximate surface area is 146 Å². The van der Waals surface area contributed by atoms with E-state index in [4.69, 9.17) is 4.99 Å². The summed E-state index contributed by atoms with van der Waals surface area (Å²) in [5, 5.41) is 6.90. The highest BCUT2D eigenvalue weighted by atomic mass is 127. The Hall–Kier alpha value is -0.0400. The second-order valence-corrected chi connectivity index (χ2v) is 6.89. The van der Waals surface area contributed by atoms with Crippen molar-refractivity contribution in [2.45, 2.75) is 58.0 Å². The lowest BCUT2D eigenvalue weighted by Crippen LogP contribution is -2.40. The fraction of sp³-hybridized carbons (Fsp3) is 0.938. The Morgan fingerprint density at radius 1 is 1.24 bits per heavy atom. The van der Waals surface area contributed by atoms with Gasteiger partial charge in [-0.25, -0.2) is 0 Å². The number of nitrogens with zero attached hydrogens (tertiary/aromatic N) is 2. The van der Waals surface area contributed by atoms with Gasteiger partial charge in [0.05, 0.1) is 6.54 Å². The second-order valence-electron chi connectivity index (χ2n) is 6.89. The lowest BCUT2D eigenvalue weighted by atomic mass is 10.3. The van der Waals surface area contributed by atoms with Crippen LogP contribution in [0.4, 0.5) is 0 Å². The van der Waals surface area contributed by atoms with Gasteiger partial charge in [-0.15, -0.1) is 24.0 Å². The van der Waals surface area contributed by atoms with E-state index in [9.17, 15) is 0 Å². The molecule has 0 spiro atoms. The molecule has 0 aliphatic heterocycles. The van der Waals surface area contributed by atoms with Crippen LogP contribution in [0, 0.1) is 11.8 Å². The van der Waals surface area contributed by atoms with Gasteiger partial charge in [0, 0.05) is 31.7 Å². The maximum atomic E-state index is 4.76. The van der Waals surface area contributed by atoms with Gasteiger partial charge in [0.25, 0.3) is 0 Å². The summed E-state index contributed by atoms with van der Waals surface area (Å²) >= 11 is 0. The zero-order valence-electron chi connectivity index (χ0n) is 13.5. The molecule has 3 fully saturated rings. The minimum absolute atomic E-state index is 0. The van der Waals surface area contributed by atoms with E-state index >= 15 is 0 Å². The number of hydrogen-bond acceptors (Lipinski definition) is 2. The van der Waals surface area contributed by atoms with Crippen LogP contribution >= 0.6 is 24.0 Å². The van der Waals surface area contributed by atoms with Crippen LogP contribution in [0.25, 0.3) is 0 Å². The fourth-order valence-electron chi connectivity index (χ4n) is 2.80. The summed E-state index contributed by atoms with van der Waals surface area (Å²) in [6.07, 6.45) is 7.02. The van der Waals surface area contributed by atoms with Crippen LogP contribution < -0.4 is 10.6 Å². The van der Waals surface area contributed by atoms with Crippen LogP contribution in [0.2, 0.25) is 0 Å². The highest BCUT2D eigenvalue weighted by molar-refractivity contribution is 14.0. The minimum atomic E-state index is 0. The number of aliphatic imine (C=N–C) groups is 1. The molecule has 3 saturated carbocycles.